The van der Waals surface area contributed by atoms with Crippen LogP contribution >= 0.6 is 0 Å². The molecule has 3 N–H and O–H groups in total. The molecule has 0 aliphatic carbocycles. The predicted octanol–water partition coefficient (Wildman–Crippen LogP) is 2.76. The van der Waals surface area contributed by atoms with Crippen molar-refractivity contribution >= 4 is 6.03 Å². The molecule has 0 saturated carbocycles. The molecule has 0 heterocycles. The van der Waals surface area contributed by atoms with E-state index in [2.05, 4.69) is 10.6 Å². The fraction of sp³-hybridized carbons (Fsp3) is 0.562. The number of carbonyl (C=O) groups excluding carboxylic acids is 1. The first kappa shape index (κ1) is 16.5. The maximum Gasteiger partial charge on any atom is 0.315 e. The van der Waals surface area contributed by atoms with Gasteiger partial charge in [-0.3, -0.25) is 0 Å². The van der Waals surface area contributed by atoms with E-state index in [1.807, 2.05) is 52.0 Å². The highest BCUT2D eigenvalue weighted by Gasteiger charge is 2.17. The van der Waals surface area contributed by atoms with Crippen LogP contribution in [0.1, 0.15) is 44.4 Å². The number of hydrogen-bond donors (Lipinski definition) is 3. The second kappa shape index (κ2) is 7.90. The smallest absolute Gasteiger partial charge is 0.315 e. The molecule has 2 unspecified atom stereocenters. The molecule has 20 heavy (non-hydrogen) atoms. The van der Waals surface area contributed by atoms with E-state index in [0.29, 0.717) is 12.3 Å². The van der Waals surface area contributed by atoms with Crippen molar-refractivity contribution in [3.63, 3.8) is 0 Å². The zero-order chi connectivity index (χ0) is 15.1. The average Bonchev–Trinajstić information content (AvgIpc) is 2.38. The molecule has 0 aromatic heterocycles. The molecule has 2 atom stereocenters. The molecular formula is C16H26N2O2. The highest BCUT2D eigenvalue weighted by atomic mass is 16.3. The monoisotopic (exact) mass is 278 g/mol. The minimum Gasteiger partial charge on any atom is -0.396 e. The minimum absolute atomic E-state index is 0.0101. The second-order valence-electron chi connectivity index (χ2n) is 5.56. The van der Waals surface area contributed by atoms with Gasteiger partial charge in [0.1, 0.15) is 0 Å². The summed E-state index contributed by atoms with van der Waals surface area (Å²) in [4.78, 5) is 12.0. The number of aliphatic hydroxyl groups excluding tert-OH is 1. The fourth-order valence-electron chi connectivity index (χ4n) is 2.27. The van der Waals surface area contributed by atoms with Gasteiger partial charge in [0.05, 0.1) is 6.04 Å². The lowest BCUT2D eigenvalue weighted by Crippen LogP contribution is -2.45. The highest BCUT2D eigenvalue weighted by molar-refractivity contribution is 5.74. The van der Waals surface area contributed by atoms with Gasteiger partial charge in [0.25, 0.3) is 0 Å². The number of nitrogens with one attached hydrogen (secondary N) is 2. The summed E-state index contributed by atoms with van der Waals surface area (Å²) in [6.45, 7) is 8.15. The van der Waals surface area contributed by atoms with Crippen molar-refractivity contribution in [3.05, 3.63) is 35.4 Å². The third-order valence-electron chi connectivity index (χ3n) is 3.56. The van der Waals surface area contributed by atoms with E-state index < -0.39 is 0 Å². The van der Waals surface area contributed by atoms with Crippen LogP contribution < -0.4 is 10.6 Å². The standard InChI is InChI=1S/C16H26N2O2/c1-11(2)15(9-10-19)18-16(20)17-13(4)14-8-6-5-7-12(14)3/h5-8,11,13,15,19H,9-10H2,1-4H3,(H2,17,18,20). The summed E-state index contributed by atoms with van der Waals surface area (Å²) in [6.07, 6.45) is 0.573. The molecule has 0 radical (unpaired) electrons. The Morgan fingerprint density at radius 1 is 1.20 bits per heavy atom. The van der Waals surface area contributed by atoms with Crippen LogP contribution in [0.25, 0.3) is 0 Å². The molecule has 0 spiro atoms. The third kappa shape index (κ3) is 4.85. The van der Waals surface area contributed by atoms with Gasteiger partial charge in [0, 0.05) is 12.6 Å². The van der Waals surface area contributed by atoms with Gasteiger partial charge >= 0.3 is 6.03 Å². The summed E-state index contributed by atoms with van der Waals surface area (Å²) in [6, 6.07) is 7.78. The van der Waals surface area contributed by atoms with Gasteiger partial charge in [-0.2, -0.15) is 0 Å². The summed E-state index contributed by atoms with van der Waals surface area (Å²) in [5.74, 6) is 0.293. The Hall–Kier alpha value is -1.55. The lowest BCUT2D eigenvalue weighted by atomic mass is 10.0. The van der Waals surface area contributed by atoms with Crippen molar-refractivity contribution in [1.82, 2.24) is 10.6 Å². The van der Waals surface area contributed by atoms with Gasteiger partial charge in [-0.1, -0.05) is 38.1 Å². The average molecular weight is 278 g/mol. The largest absolute Gasteiger partial charge is 0.396 e. The van der Waals surface area contributed by atoms with Crippen molar-refractivity contribution in [2.75, 3.05) is 6.61 Å². The number of benzene rings is 1. The van der Waals surface area contributed by atoms with Crippen LogP contribution in [0.5, 0.6) is 0 Å². The Kier molecular flexibility index (Phi) is 6.52. The van der Waals surface area contributed by atoms with Crippen LogP contribution in [0.2, 0.25) is 0 Å². The van der Waals surface area contributed by atoms with E-state index in [1.54, 1.807) is 0 Å². The van der Waals surface area contributed by atoms with E-state index in [0.717, 1.165) is 11.1 Å². The normalized spacial score (nSPS) is 13.9. The number of rotatable bonds is 6. The third-order valence-corrected chi connectivity index (χ3v) is 3.56. The van der Waals surface area contributed by atoms with Crippen molar-refractivity contribution in [2.45, 2.75) is 46.2 Å². The second-order valence-corrected chi connectivity index (χ2v) is 5.56. The van der Waals surface area contributed by atoms with Crippen LogP contribution in [0.15, 0.2) is 24.3 Å². The van der Waals surface area contributed by atoms with E-state index in [9.17, 15) is 4.79 Å². The number of carbonyl (C=O) groups is 1. The molecule has 0 saturated heterocycles. The first-order valence-corrected chi connectivity index (χ1v) is 7.19. The van der Waals surface area contributed by atoms with E-state index in [-0.39, 0.29) is 24.7 Å². The Morgan fingerprint density at radius 3 is 2.40 bits per heavy atom. The Labute approximate surface area is 121 Å². The molecule has 0 aliphatic heterocycles. The SMILES string of the molecule is Cc1ccccc1C(C)NC(=O)NC(CCO)C(C)C. The Bertz CT molecular complexity index is 432. The number of aliphatic hydroxyl groups is 1. The van der Waals surface area contributed by atoms with Crippen molar-refractivity contribution in [1.29, 1.82) is 0 Å². The minimum atomic E-state index is -0.187. The molecule has 4 heteroatoms. The highest BCUT2D eigenvalue weighted by Crippen LogP contribution is 2.16. The first-order chi connectivity index (χ1) is 9.45. The maximum atomic E-state index is 12.0. The summed E-state index contributed by atoms with van der Waals surface area (Å²) in [5, 5.41) is 14.9. The predicted molar refractivity (Wildman–Crippen MR) is 81.6 cm³/mol. The summed E-state index contributed by atoms with van der Waals surface area (Å²) in [7, 11) is 0. The quantitative estimate of drug-likeness (QED) is 0.749. The van der Waals surface area contributed by atoms with Crippen molar-refractivity contribution < 1.29 is 9.90 Å². The van der Waals surface area contributed by atoms with Gasteiger partial charge in [0.2, 0.25) is 0 Å². The number of urea groups is 1. The number of amides is 2. The molecule has 0 bridgehead atoms. The molecule has 0 fully saturated rings. The fourth-order valence-corrected chi connectivity index (χ4v) is 2.27. The summed E-state index contributed by atoms with van der Waals surface area (Å²) >= 11 is 0. The Balaban J connectivity index is 2.59. The van der Waals surface area contributed by atoms with Gasteiger partial charge < -0.3 is 15.7 Å². The molecular weight excluding hydrogens is 252 g/mol. The van der Waals surface area contributed by atoms with Gasteiger partial charge in [-0.25, -0.2) is 4.79 Å². The zero-order valence-corrected chi connectivity index (χ0v) is 12.8. The van der Waals surface area contributed by atoms with Crippen LogP contribution in [0.3, 0.4) is 0 Å². The van der Waals surface area contributed by atoms with Crippen LogP contribution in [-0.2, 0) is 0 Å². The molecule has 0 aliphatic rings. The lowest BCUT2D eigenvalue weighted by Gasteiger charge is -2.24. The van der Waals surface area contributed by atoms with E-state index in [1.165, 1.54) is 0 Å². The Morgan fingerprint density at radius 2 is 1.85 bits per heavy atom. The summed E-state index contributed by atoms with van der Waals surface area (Å²) in [5.41, 5.74) is 2.28. The summed E-state index contributed by atoms with van der Waals surface area (Å²) < 4.78 is 0. The number of aryl methyl sites for hydroxylation is 1. The topological polar surface area (TPSA) is 61.4 Å². The van der Waals surface area contributed by atoms with Gasteiger partial charge in [0.15, 0.2) is 0 Å². The van der Waals surface area contributed by atoms with Gasteiger partial charge in [-0.05, 0) is 37.3 Å². The van der Waals surface area contributed by atoms with Crippen LogP contribution in [0.4, 0.5) is 4.79 Å². The maximum absolute atomic E-state index is 12.0. The molecule has 1 rings (SSSR count). The molecule has 4 nitrogen and oxygen atoms in total. The molecule has 112 valence electrons. The van der Waals surface area contributed by atoms with E-state index in [4.69, 9.17) is 5.11 Å². The molecule has 1 aromatic rings. The molecule has 1 aromatic carbocycles. The van der Waals surface area contributed by atoms with Crippen LogP contribution in [0, 0.1) is 12.8 Å². The lowest BCUT2D eigenvalue weighted by molar-refractivity contribution is 0.216. The van der Waals surface area contributed by atoms with Crippen molar-refractivity contribution in [3.8, 4) is 0 Å². The number of hydrogen-bond acceptors (Lipinski definition) is 2. The van der Waals surface area contributed by atoms with Crippen LogP contribution in [-0.4, -0.2) is 23.8 Å². The first-order valence-electron chi connectivity index (χ1n) is 7.19. The zero-order valence-electron chi connectivity index (χ0n) is 12.8. The van der Waals surface area contributed by atoms with Crippen molar-refractivity contribution in [2.24, 2.45) is 5.92 Å². The van der Waals surface area contributed by atoms with Gasteiger partial charge in [-0.15, -0.1) is 0 Å². The molecule has 2 amide bonds. The van der Waals surface area contributed by atoms with E-state index >= 15 is 0 Å².